The minimum Gasteiger partial charge on any atom is -0.356 e. The van der Waals surface area contributed by atoms with Crippen LogP contribution in [0.5, 0.6) is 0 Å². The van der Waals surface area contributed by atoms with Crippen LogP contribution in [0.25, 0.3) is 0 Å². The SMILES string of the molecule is CC(C)(CBr)CNC(=O)CC1CC1. The van der Waals surface area contributed by atoms with Gasteiger partial charge >= 0.3 is 0 Å². The molecule has 0 unspecified atom stereocenters. The summed E-state index contributed by atoms with van der Waals surface area (Å²) in [6, 6.07) is 0. The molecular weight excluding hydrogens is 230 g/mol. The third-order valence-electron chi connectivity index (χ3n) is 2.30. The second-order valence-corrected chi connectivity index (χ2v) is 5.28. The number of carbonyl (C=O) groups excluding carboxylic acids is 1. The minimum atomic E-state index is 0.166. The molecule has 1 aliphatic carbocycles. The molecule has 1 N–H and O–H groups in total. The standard InChI is InChI=1S/C10H18BrNO/c1-10(2,6-11)7-12-9(13)5-8-3-4-8/h8H,3-7H2,1-2H3,(H,12,13). The fourth-order valence-corrected chi connectivity index (χ4v) is 1.24. The van der Waals surface area contributed by atoms with Crippen LogP contribution in [0.1, 0.15) is 33.1 Å². The lowest BCUT2D eigenvalue weighted by Gasteiger charge is -2.21. The maximum absolute atomic E-state index is 11.3. The van der Waals surface area contributed by atoms with Gasteiger partial charge in [0.2, 0.25) is 5.91 Å². The molecule has 0 spiro atoms. The van der Waals surface area contributed by atoms with E-state index in [-0.39, 0.29) is 11.3 Å². The van der Waals surface area contributed by atoms with Crippen LogP contribution in [0.2, 0.25) is 0 Å². The second kappa shape index (κ2) is 4.45. The van der Waals surface area contributed by atoms with E-state index in [1.165, 1.54) is 12.8 Å². The van der Waals surface area contributed by atoms with Crippen molar-refractivity contribution >= 4 is 21.8 Å². The highest BCUT2D eigenvalue weighted by Crippen LogP contribution is 2.32. The number of halogens is 1. The van der Waals surface area contributed by atoms with E-state index in [0.717, 1.165) is 18.3 Å². The Kier molecular flexibility index (Phi) is 3.77. The van der Waals surface area contributed by atoms with Crippen molar-refractivity contribution in [3.63, 3.8) is 0 Å². The largest absolute Gasteiger partial charge is 0.356 e. The maximum Gasteiger partial charge on any atom is 0.220 e. The topological polar surface area (TPSA) is 29.1 Å². The summed E-state index contributed by atoms with van der Waals surface area (Å²) >= 11 is 3.43. The molecule has 1 aliphatic rings. The second-order valence-electron chi connectivity index (χ2n) is 4.72. The molecule has 0 radical (unpaired) electrons. The van der Waals surface area contributed by atoms with Gasteiger partial charge in [-0.15, -0.1) is 0 Å². The molecule has 1 rings (SSSR count). The monoisotopic (exact) mass is 247 g/mol. The Morgan fingerprint density at radius 1 is 1.54 bits per heavy atom. The van der Waals surface area contributed by atoms with Crippen LogP contribution < -0.4 is 5.32 Å². The molecule has 0 saturated heterocycles. The summed E-state index contributed by atoms with van der Waals surface area (Å²) in [5.74, 6) is 0.906. The average Bonchev–Trinajstić information content (AvgIpc) is 2.85. The van der Waals surface area contributed by atoms with Crippen LogP contribution in [0.3, 0.4) is 0 Å². The first-order chi connectivity index (χ1) is 6.03. The number of nitrogens with one attached hydrogen (secondary N) is 1. The third kappa shape index (κ3) is 4.65. The average molecular weight is 248 g/mol. The summed E-state index contributed by atoms with van der Waals surface area (Å²) in [5, 5.41) is 3.90. The summed E-state index contributed by atoms with van der Waals surface area (Å²) in [7, 11) is 0. The predicted molar refractivity (Wildman–Crippen MR) is 57.9 cm³/mol. The normalized spacial score (nSPS) is 17.2. The summed E-state index contributed by atoms with van der Waals surface area (Å²) < 4.78 is 0. The lowest BCUT2D eigenvalue weighted by atomic mass is 9.97. The molecule has 0 aromatic carbocycles. The molecule has 1 fully saturated rings. The highest BCUT2D eigenvalue weighted by atomic mass is 79.9. The van der Waals surface area contributed by atoms with E-state index in [4.69, 9.17) is 0 Å². The zero-order chi connectivity index (χ0) is 9.90. The van der Waals surface area contributed by atoms with Crippen molar-refractivity contribution in [1.82, 2.24) is 5.32 Å². The van der Waals surface area contributed by atoms with Crippen molar-refractivity contribution in [2.45, 2.75) is 33.1 Å². The molecule has 0 aromatic heterocycles. The van der Waals surface area contributed by atoms with Gasteiger partial charge in [0, 0.05) is 18.3 Å². The molecule has 1 amide bonds. The van der Waals surface area contributed by atoms with E-state index < -0.39 is 0 Å². The summed E-state index contributed by atoms with van der Waals surface area (Å²) in [5.41, 5.74) is 0.166. The number of hydrogen-bond donors (Lipinski definition) is 1. The third-order valence-corrected chi connectivity index (χ3v) is 3.81. The zero-order valence-electron chi connectivity index (χ0n) is 8.40. The van der Waals surface area contributed by atoms with Gasteiger partial charge in [-0.25, -0.2) is 0 Å². The van der Waals surface area contributed by atoms with Gasteiger partial charge in [0.25, 0.3) is 0 Å². The van der Waals surface area contributed by atoms with Crippen LogP contribution in [-0.2, 0) is 4.79 Å². The van der Waals surface area contributed by atoms with Crippen molar-refractivity contribution in [3.8, 4) is 0 Å². The molecule has 0 aliphatic heterocycles. The maximum atomic E-state index is 11.3. The minimum absolute atomic E-state index is 0.166. The van der Waals surface area contributed by atoms with Crippen molar-refractivity contribution in [2.75, 3.05) is 11.9 Å². The molecule has 13 heavy (non-hydrogen) atoms. The van der Waals surface area contributed by atoms with Crippen molar-refractivity contribution < 1.29 is 4.79 Å². The van der Waals surface area contributed by atoms with Crippen molar-refractivity contribution in [2.24, 2.45) is 11.3 Å². The van der Waals surface area contributed by atoms with Gasteiger partial charge < -0.3 is 5.32 Å². The van der Waals surface area contributed by atoms with Crippen LogP contribution >= 0.6 is 15.9 Å². The van der Waals surface area contributed by atoms with E-state index >= 15 is 0 Å². The Morgan fingerprint density at radius 3 is 2.62 bits per heavy atom. The Bertz CT molecular complexity index is 187. The molecule has 3 heteroatoms. The van der Waals surface area contributed by atoms with E-state index in [9.17, 15) is 4.79 Å². The molecular formula is C10H18BrNO. The molecule has 0 heterocycles. The van der Waals surface area contributed by atoms with Gasteiger partial charge in [-0.3, -0.25) is 4.79 Å². The van der Waals surface area contributed by atoms with E-state index in [2.05, 4.69) is 35.1 Å². The summed E-state index contributed by atoms with van der Waals surface area (Å²) in [6.07, 6.45) is 3.23. The molecule has 1 saturated carbocycles. The van der Waals surface area contributed by atoms with Gasteiger partial charge in [-0.2, -0.15) is 0 Å². The Morgan fingerprint density at radius 2 is 2.15 bits per heavy atom. The van der Waals surface area contributed by atoms with E-state index in [1.54, 1.807) is 0 Å². The highest BCUT2D eigenvalue weighted by Gasteiger charge is 2.25. The fraction of sp³-hybridized carbons (Fsp3) is 0.900. The van der Waals surface area contributed by atoms with Crippen molar-refractivity contribution in [3.05, 3.63) is 0 Å². The fourth-order valence-electron chi connectivity index (χ4n) is 1.04. The lowest BCUT2D eigenvalue weighted by molar-refractivity contribution is -0.121. The van der Waals surface area contributed by atoms with Gasteiger partial charge in [-0.05, 0) is 24.2 Å². The molecule has 0 bridgehead atoms. The quantitative estimate of drug-likeness (QED) is 0.743. The first-order valence-corrected chi connectivity index (χ1v) is 5.98. The molecule has 0 atom stereocenters. The van der Waals surface area contributed by atoms with Crippen LogP contribution in [0.15, 0.2) is 0 Å². The van der Waals surface area contributed by atoms with Gasteiger partial charge in [0.1, 0.15) is 0 Å². The Labute approximate surface area is 88.6 Å². The summed E-state index contributed by atoms with van der Waals surface area (Å²) in [6.45, 7) is 5.04. The van der Waals surface area contributed by atoms with E-state index in [1.807, 2.05) is 0 Å². The molecule has 76 valence electrons. The van der Waals surface area contributed by atoms with Crippen molar-refractivity contribution in [1.29, 1.82) is 0 Å². The first kappa shape index (κ1) is 11.0. The number of alkyl halides is 1. The predicted octanol–water partition coefficient (Wildman–Crippen LogP) is 2.32. The Hall–Kier alpha value is -0.0500. The summed E-state index contributed by atoms with van der Waals surface area (Å²) in [4.78, 5) is 11.3. The smallest absolute Gasteiger partial charge is 0.220 e. The Balaban J connectivity index is 2.13. The van der Waals surface area contributed by atoms with Gasteiger partial charge in [0.05, 0.1) is 0 Å². The van der Waals surface area contributed by atoms with Crippen LogP contribution in [-0.4, -0.2) is 17.8 Å². The number of rotatable bonds is 5. The zero-order valence-corrected chi connectivity index (χ0v) is 9.99. The van der Waals surface area contributed by atoms with Crippen LogP contribution in [0.4, 0.5) is 0 Å². The van der Waals surface area contributed by atoms with Gasteiger partial charge in [-0.1, -0.05) is 29.8 Å². The number of carbonyl (C=O) groups is 1. The lowest BCUT2D eigenvalue weighted by Crippen LogP contribution is -2.34. The number of amides is 1. The number of hydrogen-bond acceptors (Lipinski definition) is 1. The molecule has 0 aromatic rings. The van der Waals surface area contributed by atoms with E-state index in [0.29, 0.717) is 5.92 Å². The van der Waals surface area contributed by atoms with Gasteiger partial charge in [0.15, 0.2) is 0 Å². The highest BCUT2D eigenvalue weighted by molar-refractivity contribution is 9.09. The van der Waals surface area contributed by atoms with Crippen LogP contribution in [0, 0.1) is 11.3 Å². The molecule has 2 nitrogen and oxygen atoms in total. The first-order valence-electron chi connectivity index (χ1n) is 4.86.